The van der Waals surface area contributed by atoms with Crippen molar-refractivity contribution in [2.45, 2.75) is 0 Å². The van der Waals surface area contributed by atoms with Gasteiger partial charge in [-0.05, 0) is 18.2 Å². The molecule has 0 aliphatic heterocycles. The Morgan fingerprint density at radius 2 is 2.00 bits per heavy atom. The fraction of sp³-hybridized carbons (Fsp3) is 0.235. The van der Waals surface area contributed by atoms with Crippen molar-refractivity contribution in [2.24, 2.45) is 5.10 Å². The molecule has 0 fully saturated rings. The van der Waals surface area contributed by atoms with Crippen molar-refractivity contribution in [1.82, 2.24) is 10.4 Å². The molecular weight excluding hydrogens is 372 g/mol. The van der Waals surface area contributed by atoms with E-state index in [1.807, 2.05) is 0 Å². The molecule has 0 saturated heterocycles. The van der Waals surface area contributed by atoms with E-state index in [4.69, 9.17) is 9.47 Å². The summed E-state index contributed by atoms with van der Waals surface area (Å²) >= 11 is 0. The van der Waals surface area contributed by atoms with E-state index in [-0.39, 0.29) is 5.69 Å². The van der Waals surface area contributed by atoms with Gasteiger partial charge in [-0.3, -0.25) is 14.1 Å². The zero-order chi connectivity index (χ0) is 19.9. The molecule has 1 amide bonds. The van der Waals surface area contributed by atoms with Crippen LogP contribution in [-0.4, -0.2) is 52.5 Å². The van der Waals surface area contributed by atoms with Gasteiger partial charge in [0.15, 0.2) is 11.5 Å². The van der Waals surface area contributed by atoms with Gasteiger partial charge >= 0.3 is 0 Å². The van der Waals surface area contributed by atoms with E-state index in [2.05, 4.69) is 15.5 Å². The molecule has 1 heterocycles. The summed E-state index contributed by atoms with van der Waals surface area (Å²) in [5.74, 6) is 0.189. The molecule has 0 saturated carbocycles. The van der Waals surface area contributed by atoms with Gasteiger partial charge in [-0.15, -0.1) is 0 Å². The average molecular weight is 392 g/mol. The molecule has 10 heteroatoms. The van der Waals surface area contributed by atoms with Crippen LogP contribution in [-0.2, 0) is 14.8 Å². The fourth-order valence-corrected chi connectivity index (χ4v) is 3.03. The van der Waals surface area contributed by atoms with Gasteiger partial charge < -0.3 is 9.47 Å². The first-order valence-corrected chi connectivity index (χ1v) is 9.61. The molecule has 0 spiro atoms. The summed E-state index contributed by atoms with van der Waals surface area (Å²) in [6.45, 7) is -0.446. The van der Waals surface area contributed by atoms with E-state index in [9.17, 15) is 13.2 Å². The van der Waals surface area contributed by atoms with Crippen LogP contribution in [0.2, 0.25) is 0 Å². The number of methoxy groups -OCH3 is 2. The van der Waals surface area contributed by atoms with E-state index in [0.29, 0.717) is 17.1 Å². The molecule has 1 N–H and O–H groups in total. The molecule has 144 valence electrons. The maximum absolute atomic E-state index is 12.1. The number of anilines is 1. The molecule has 1 aromatic carbocycles. The maximum Gasteiger partial charge on any atom is 0.260 e. The van der Waals surface area contributed by atoms with Gasteiger partial charge in [-0.25, -0.2) is 13.8 Å². The lowest BCUT2D eigenvalue weighted by Gasteiger charge is -2.22. The van der Waals surface area contributed by atoms with Gasteiger partial charge in [0.1, 0.15) is 6.54 Å². The predicted molar refractivity (Wildman–Crippen MR) is 102 cm³/mol. The quantitative estimate of drug-likeness (QED) is 0.530. The minimum Gasteiger partial charge on any atom is -0.493 e. The molecule has 9 nitrogen and oxygen atoms in total. The van der Waals surface area contributed by atoms with Gasteiger partial charge in [-0.1, -0.05) is 6.07 Å². The van der Waals surface area contributed by atoms with Gasteiger partial charge in [0.25, 0.3) is 5.91 Å². The summed E-state index contributed by atoms with van der Waals surface area (Å²) in [5, 5.41) is 3.80. The summed E-state index contributed by atoms with van der Waals surface area (Å²) in [5.41, 5.74) is 3.25. The molecule has 0 radical (unpaired) electrons. The Morgan fingerprint density at radius 1 is 1.26 bits per heavy atom. The maximum atomic E-state index is 12.1. The number of carbonyl (C=O) groups is 1. The topological polar surface area (TPSA) is 110 Å². The smallest absolute Gasteiger partial charge is 0.260 e. The molecular formula is C17H20N4O5S. The van der Waals surface area contributed by atoms with Crippen molar-refractivity contribution in [1.29, 1.82) is 0 Å². The second kappa shape index (κ2) is 8.99. The SMILES string of the molecule is COc1ccc(N(CC(=O)N/N=C\c2cccnc2)S(C)(=O)=O)cc1OC. The second-order valence-corrected chi connectivity index (χ2v) is 7.30. The molecule has 1 aromatic heterocycles. The van der Waals surface area contributed by atoms with Crippen LogP contribution in [0.4, 0.5) is 5.69 Å². The zero-order valence-corrected chi connectivity index (χ0v) is 15.9. The van der Waals surface area contributed by atoms with Crippen molar-refractivity contribution in [3.05, 3.63) is 48.3 Å². The third-order valence-electron chi connectivity index (χ3n) is 3.43. The van der Waals surface area contributed by atoms with Crippen LogP contribution in [0.1, 0.15) is 5.56 Å². The highest BCUT2D eigenvalue weighted by Crippen LogP contribution is 2.32. The first kappa shape index (κ1) is 20.2. The number of benzene rings is 1. The normalized spacial score (nSPS) is 11.2. The Morgan fingerprint density at radius 3 is 2.59 bits per heavy atom. The van der Waals surface area contributed by atoms with Crippen molar-refractivity contribution < 1.29 is 22.7 Å². The second-order valence-electron chi connectivity index (χ2n) is 5.39. The van der Waals surface area contributed by atoms with Crippen LogP contribution in [0.15, 0.2) is 47.8 Å². The summed E-state index contributed by atoms with van der Waals surface area (Å²) in [7, 11) is -0.812. The first-order chi connectivity index (χ1) is 12.8. The summed E-state index contributed by atoms with van der Waals surface area (Å²) in [6, 6.07) is 8.05. The van der Waals surface area contributed by atoms with E-state index in [1.54, 1.807) is 30.6 Å². The third-order valence-corrected chi connectivity index (χ3v) is 4.57. The van der Waals surface area contributed by atoms with Crippen LogP contribution < -0.4 is 19.2 Å². The van der Waals surface area contributed by atoms with E-state index in [1.165, 1.54) is 32.6 Å². The predicted octanol–water partition coefficient (Wildman–Crippen LogP) is 1.02. The highest BCUT2D eigenvalue weighted by atomic mass is 32.2. The minimum atomic E-state index is -3.72. The number of nitrogens with one attached hydrogen (secondary N) is 1. The molecule has 2 aromatic rings. The highest BCUT2D eigenvalue weighted by molar-refractivity contribution is 7.92. The Balaban J connectivity index is 2.15. The number of carbonyl (C=O) groups excluding carboxylic acids is 1. The molecule has 27 heavy (non-hydrogen) atoms. The highest BCUT2D eigenvalue weighted by Gasteiger charge is 2.22. The van der Waals surface area contributed by atoms with Crippen molar-refractivity contribution >= 4 is 27.8 Å². The monoisotopic (exact) mass is 392 g/mol. The zero-order valence-electron chi connectivity index (χ0n) is 15.1. The van der Waals surface area contributed by atoms with Crippen molar-refractivity contribution in [3.8, 4) is 11.5 Å². The summed E-state index contributed by atoms with van der Waals surface area (Å²) < 4.78 is 35.6. The van der Waals surface area contributed by atoms with Gasteiger partial charge in [-0.2, -0.15) is 5.10 Å². The molecule has 0 atom stereocenters. The van der Waals surface area contributed by atoms with Gasteiger partial charge in [0.05, 0.1) is 32.4 Å². The van der Waals surface area contributed by atoms with Gasteiger partial charge in [0.2, 0.25) is 10.0 Å². The van der Waals surface area contributed by atoms with E-state index >= 15 is 0 Å². The lowest BCUT2D eigenvalue weighted by Crippen LogP contribution is -2.39. The Kier molecular flexibility index (Phi) is 6.72. The number of hydrogen-bond acceptors (Lipinski definition) is 7. The van der Waals surface area contributed by atoms with Crippen molar-refractivity contribution in [3.63, 3.8) is 0 Å². The van der Waals surface area contributed by atoms with E-state index < -0.39 is 22.5 Å². The number of aromatic nitrogens is 1. The lowest BCUT2D eigenvalue weighted by atomic mass is 10.2. The van der Waals surface area contributed by atoms with Crippen LogP contribution >= 0.6 is 0 Å². The number of nitrogens with zero attached hydrogens (tertiary/aromatic N) is 3. The Labute approximate surface area is 157 Å². The first-order valence-electron chi connectivity index (χ1n) is 7.77. The number of rotatable bonds is 8. The number of ether oxygens (including phenoxy) is 2. The third kappa shape index (κ3) is 5.68. The summed E-state index contributed by atoms with van der Waals surface area (Å²) in [6.07, 6.45) is 5.60. The number of pyridine rings is 1. The Hall–Kier alpha value is -3.14. The fourth-order valence-electron chi connectivity index (χ4n) is 2.18. The molecule has 0 bridgehead atoms. The molecule has 0 aliphatic carbocycles. The number of hydrazone groups is 1. The largest absolute Gasteiger partial charge is 0.493 e. The molecule has 0 unspecified atom stereocenters. The number of hydrogen-bond donors (Lipinski definition) is 1. The number of amides is 1. The number of sulfonamides is 1. The van der Waals surface area contributed by atoms with Crippen LogP contribution in [0.3, 0.4) is 0 Å². The van der Waals surface area contributed by atoms with Crippen LogP contribution in [0.25, 0.3) is 0 Å². The minimum absolute atomic E-state index is 0.265. The Bertz CT molecular complexity index is 916. The average Bonchev–Trinajstić information content (AvgIpc) is 2.65. The van der Waals surface area contributed by atoms with Crippen LogP contribution in [0.5, 0.6) is 11.5 Å². The lowest BCUT2D eigenvalue weighted by molar-refractivity contribution is -0.119. The van der Waals surface area contributed by atoms with Crippen molar-refractivity contribution in [2.75, 3.05) is 31.3 Å². The van der Waals surface area contributed by atoms with Crippen LogP contribution in [0, 0.1) is 0 Å². The molecule has 2 rings (SSSR count). The molecule has 0 aliphatic rings. The standard InChI is InChI=1S/C17H20N4O5S/c1-25-15-7-6-14(9-16(15)26-2)21(27(3,23)24)12-17(22)20-19-11-13-5-4-8-18-10-13/h4-11H,12H2,1-3H3,(H,20,22)/b19-11-. The summed E-state index contributed by atoms with van der Waals surface area (Å²) in [4.78, 5) is 16.1. The van der Waals surface area contributed by atoms with Gasteiger partial charge in [0, 0.05) is 24.0 Å². The van der Waals surface area contributed by atoms with E-state index in [0.717, 1.165) is 10.6 Å².